The fourth-order valence-corrected chi connectivity index (χ4v) is 3.96. The van der Waals surface area contributed by atoms with Crippen molar-refractivity contribution in [3.63, 3.8) is 0 Å². The van der Waals surface area contributed by atoms with E-state index in [1.165, 1.54) is 24.3 Å². The summed E-state index contributed by atoms with van der Waals surface area (Å²) in [5.41, 5.74) is -1.20. The minimum absolute atomic E-state index is 0.0233. The molecule has 0 unspecified atom stereocenters. The van der Waals surface area contributed by atoms with E-state index in [2.05, 4.69) is 4.98 Å². The highest BCUT2D eigenvalue weighted by Gasteiger charge is 2.22. The molecule has 0 saturated heterocycles. The van der Waals surface area contributed by atoms with E-state index in [9.17, 15) is 33.1 Å². The first kappa shape index (κ1) is 26.9. The summed E-state index contributed by atoms with van der Waals surface area (Å²) in [4.78, 5) is 54.2. The predicted octanol–water partition coefficient (Wildman–Crippen LogP) is 1.57. The number of rotatable bonds is 8. The van der Waals surface area contributed by atoms with E-state index in [0.29, 0.717) is 20.8 Å². The molecule has 4 aromatic rings. The average Bonchev–Trinajstić information content (AvgIpc) is 3.18. The molecular formula is C24H19ClF2N4O7. The molecule has 0 aliphatic rings. The quantitative estimate of drug-likeness (QED) is 0.337. The molecule has 0 aliphatic carbocycles. The van der Waals surface area contributed by atoms with E-state index in [0.717, 1.165) is 17.0 Å². The fourth-order valence-electron chi connectivity index (χ4n) is 3.75. The van der Waals surface area contributed by atoms with Crippen molar-refractivity contribution in [1.82, 2.24) is 18.7 Å². The largest absolute Gasteiger partial charge is 0.471 e. The predicted molar refractivity (Wildman–Crippen MR) is 130 cm³/mol. The number of hydrogen-bond donors (Lipinski definition) is 2. The number of carbonyl (C=O) groups is 2. The van der Waals surface area contributed by atoms with Crippen LogP contribution in [0.15, 0.2) is 52.3 Å². The lowest BCUT2D eigenvalue weighted by atomic mass is 10.2. The van der Waals surface area contributed by atoms with Gasteiger partial charge >= 0.3 is 5.69 Å². The maximum absolute atomic E-state index is 13.8. The number of nitrogens with zero attached hydrogens (tertiary/aromatic N) is 4. The van der Waals surface area contributed by atoms with Crippen LogP contribution in [-0.2, 0) is 13.2 Å². The molecule has 0 saturated carbocycles. The van der Waals surface area contributed by atoms with Crippen LogP contribution in [0.1, 0.15) is 27.1 Å². The highest BCUT2D eigenvalue weighted by molar-refractivity contribution is 6.31. The number of fused-ring (bicyclic) bond motifs is 1. The van der Waals surface area contributed by atoms with Gasteiger partial charge in [-0.2, -0.15) is 0 Å². The van der Waals surface area contributed by atoms with Crippen LogP contribution >= 0.6 is 11.6 Å². The molecule has 0 atom stereocenters. The Balaban J connectivity index is 1.65. The van der Waals surface area contributed by atoms with Gasteiger partial charge in [0.25, 0.3) is 11.5 Å². The molecule has 2 heterocycles. The van der Waals surface area contributed by atoms with Gasteiger partial charge in [-0.1, -0.05) is 17.7 Å². The Hall–Kier alpha value is -4.20. The number of hydrogen-bond acceptors (Lipinski definition) is 8. The molecule has 11 nitrogen and oxygen atoms in total. The second-order valence-corrected chi connectivity index (χ2v) is 8.39. The van der Waals surface area contributed by atoms with Crippen LogP contribution in [0.3, 0.4) is 0 Å². The monoisotopic (exact) mass is 548 g/mol. The molecule has 2 N–H and O–H groups in total. The number of benzene rings is 2. The summed E-state index contributed by atoms with van der Waals surface area (Å²) in [6, 6.07) is 7.18. The smallest absolute Gasteiger partial charge is 0.342 e. The van der Waals surface area contributed by atoms with E-state index in [4.69, 9.17) is 21.4 Å². The van der Waals surface area contributed by atoms with Gasteiger partial charge in [-0.05, 0) is 29.8 Å². The van der Waals surface area contributed by atoms with E-state index < -0.39 is 59.4 Å². The third kappa shape index (κ3) is 5.11. The Kier molecular flexibility index (Phi) is 7.80. The molecule has 0 radical (unpaired) electrons. The number of imidazole rings is 1. The summed E-state index contributed by atoms with van der Waals surface area (Å²) in [5, 5.41) is 18.0. The minimum Gasteiger partial charge on any atom is -0.471 e. The van der Waals surface area contributed by atoms with Crippen LogP contribution in [0, 0.1) is 11.6 Å². The number of aliphatic hydroxyl groups excluding tert-OH is 2. The van der Waals surface area contributed by atoms with Crippen molar-refractivity contribution in [1.29, 1.82) is 0 Å². The Morgan fingerprint density at radius 3 is 2.42 bits per heavy atom. The first-order valence-electron chi connectivity index (χ1n) is 11.0. The zero-order valence-electron chi connectivity index (χ0n) is 19.4. The van der Waals surface area contributed by atoms with Gasteiger partial charge in [0.1, 0.15) is 31.2 Å². The molecule has 0 amide bonds. The Morgan fingerprint density at radius 1 is 1.00 bits per heavy atom. The summed E-state index contributed by atoms with van der Waals surface area (Å²) < 4.78 is 34.7. The zero-order chi connectivity index (χ0) is 27.6. The molecule has 14 heteroatoms. The van der Waals surface area contributed by atoms with E-state index in [1.807, 2.05) is 0 Å². The maximum Gasteiger partial charge on any atom is 0.342 e. The zero-order valence-corrected chi connectivity index (χ0v) is 20.2. The standard InChI is InChI=1S/C24H19ClF2N4O7/c25-21-22(38-11-14-2-3-15(26)8-16(14)27)28-12-29(23(21)36)9-13-1-4-17-18(7-13)31(19(34)5-6-32)24(37)30(17)20(35)10-33/h1-4,7-8,12,32-33H,5-6,9-11H2. The van der Waals surface area contributed by atoms with Crippen LogP contribution in [0.2, 0.25) is 5.02 Å². The van der Waals surface area contributed by atoms with Crippen LogP contribution in [0.5, 0.6) is 5.88 Å². The molecule has 0 bridgehead atoms. The molecule has 0 spiro atoms. The third-order valence-electron chi connectivity index (χ3n) is 5.55. The maximum atomic E-state index is 13.8. The van der Waals surface area contributed by atoms with Crippen LogP contribution in [0.25, 0.3) is 11.0 Å². The van der Waals surface area contributed by atoms with Crippen molar-refractivity contribution >= 4 is 34.4 Å². The van der Waals surface area contributed by atoms with Crippen molar-refractivity contribution in [3.8, 4) is 5.88 Å². The molecule has 0 fully saturated rings. The molecule has 4 rings (SSSR count). The second-order valence-electron chi connectivity index (χ2n) is 8.02. The summed E-state index contributed by atoms with van der Waals surface area (Å²) in [6.45, 7) is -1.98. The fraction of sp³-hybridized carbons (Fsp3) is 0.208. The average molecular weight is 549 g/mol. The van der Waals surface area contributed by atoms with Crippen molar-refractivity contribution in [2.45, 2.75) is 19.6 Å². The van der Waals surface area contributed by atoms with Crippen LogP contribution in [0.4, 0.5) is 8.78 Å². The van der Waals surface area contributed by atoms with Gasteiger partial charge in [0, 0.05) is 11.6 Å². The van der Waals surface area contributed by atoms with Crippen LogP contribution in [-0.4, -0.2) is 53.9 Å². The topological polar surface area (TPSA) is 146 Å². The number of aliphatic hydroxyl groups is 2. The van der Waals surface area contributed by atoms with Gasteiger partial charge in [0.15, 0.2) is 5.02 Å². The van der Waals surface area contributed by atoms with Crippen molar-refractivity contribution in [2.75, 3.05) is 13.2 Å². The first-order chi connectivity index (χ1) is 18.2. The SMILES string of the molecule is O=C(CO)n1c(=O)n(C(=O)CCO)c2cc(Cn3cnc(OCc4ccc(F)cc4F)c(Cl)c3=O)ccc21. The normalized spacial score (nSPS) is 11.2. The number of carbonyl (C=O) groups excluding carboxylic acids is 2. The molecule has 38 heavy (non-hydrogen) atoms. The van der Waals surface area contributed by atoms with E-state index in [1.54, 1.807) is 0 Å². The number of halogens is 3. The van der Waals surface area contributed by atoms with Gasteiger partial charge in [0.2, 0.25) is 11.8 Å². The summed E-state index contributed by atoms with van der Waals surface area (Å²) >= 11 is 6.11. The van der Waals surface area contributed by atoms with E-state index >= 15 is 0 Å². The highest BCUT2D eigenvalue weighted by Crippen LogP contribution is 2.21. The lowest BCUT2D eigenvalue weighted by molar-refractivity contribution is 0.0815. The van der Waals surface area contributed by atoms with Gasteiger partial charge in [-0.3, -0.25) is 19.0 Å². The molecule has 198 valence electrons. The van der Waals surface area contributed by atoms with Gasteiger partial charge in [-0.15, -0.1) is 0 Å². The van der Waals surface area contributed by atoms with E-state index in [-0.39, 0.29) is 35.6 Å². The van der Waals surface area contributed by atoms with Gasteiger partial charge in [-0.25, -0.2) is 27.7 Å². The third-order valence-corrected chi connectivity index (χ3v) is 5.87. The summed E-state index contributed by atoms with van der Waals surface area (Å²) in [6.07, 6.45) is 0.734. The van der Waals surface area contributed by atoms with Crippen molar-refractivity contribution in [3.05, 3.63) is 91.3 Å². The minimum atomic E-state index is -1.00. The Bertz CT molecular complexity index is 1680. The lowest BCUT2D eigenvalue weighted by Gasteiger charge is -2.11. The highest BCUT2D eigenvalue weighted by atomic mass is 35.5. The molecule has 0 aliphatic heterocycles. The van der Waals surface area contributed by atoms with Gasteiger partial charge < -0.3 is 14.9 Å². The van der Waals surface area contributed by atoms with Crippen LogP contribution < -0.4 is 16.0 Å². The number of ether oxygens (including phenoxy) is 1. The van der Waals surface area contributed by atoms with Gasteiger partial charge in [0.05, 0.1) is 30.6 Å². The molecular weight excluding hydrogens is 530 g/mol. The molecule has 2 aromatic carbocycles. The van der Waals surface area contributed by atoms with Crippen molar-refractivity contribution < 1.29 is 33.3 Å². The summed E-state index contributed by atoms with van der Waals surface area (Å²) in [7, 11) is 0. The Labute approximate surface area is 216 Å². The molecule has 2 aromatic heterocycles. The summed E-state index contributed by atoms with van der Waals surface area (Å²) in [5.74, 6) is -3.59. The first-order valence-corrected chi connectivity index (χ1v) is 11.4. The Morgan fingerprint density at radius 2 is 1.74 bits per heavy atom. The lowest BCUT2D eigenvalue weighted by Crippen LogP contribution is -2.33. The number of aromatic nitrogens is 4. The second kappa shape index (κ2) is 11.0. The van der Waals surface area contributed by atoms with Crippen molar-refractivity contribution in [2.24, 2.45) is 0 Å².